The minimum Gasteiger partial charge on any atom is -0.467 e. The number of fused-ring (bicyclic) bond motifs is 5. The number of aryl methyl sites for hydroxylation is 1. The molecule has 7 heteroatoms. The quantitative estimate of drug-likeness (QED) is 0.309. The standard InChI is InChI=1S/C22H24N4OS2/c1-12(2)10-16-14-7-4-8-15(14)17-18-19(29-21(17)24-16)20(26-22(25-18)28-3)23-11-13-6-5-9-27-13/h5-6,9,12H,4,7-8,10-11H2,1-3H3,(H,23,25,26). The molecule has 0 fully saturated rings. The number of aromatic nitrogens is 3. The molecule has 1 aliphatic carbocycles. The van der Waals surface area contributed by atoms with Crippen molar-refractivity contribution in [3.05, 3.63) is 41.0 Å². The molecule has 150 valence electrons. The van der Waals surface area contributed by atoms with Crippen LogP contribution >= 0.6 is 23.1 Å². The molecule has 5 nitrogen and oxygen atoms in total. The molecule has 5 rings (SSSR count). The fourth-order valence-corrected chi connectivity index (χ4v) is 5.67. The molecule has 0 atom stereocenters. The lowest BCUT2D eigenvalue weighted by Gasteiger charge is -2.11. The van der Waals surface area contributed by atoms with Crippen LogP contribution in [0, 0.1) is 5.92 Å². The van der Waals surface area contributed by atoms with Gasteiger partial charge in [-0.1, -0.05) is 25.6 Å². The highest BCUT2D eigenvalue weighted by Crippen LogP contribution is 2.42. The second-order valence-corrected chi connectivity index (χ2v) is 9.69. The second-order valence-electron chi connectivity index (χ2n) is 7.92. The summed E-state index contributed by atoms with van der Waals surface area (Å²) in [4.78, 5) is 15.9. The van der Waals surface area contributed by atoms with Crippen LogP contribution in [-0.4, -0.2) is 21.2 Å². The van der Waals surface area contributed by atoms with Crippen LogP contribution in [0.3, 0.4) is 0 Å². The van der Waals surface area contributed by atoms with E-state index in [9.17, 15) is 0 Å². The normalized spacial score (nSPS) is 13.7. The third-order valence-corrected chi connectivity index (χ3v) is 7.02. The number of nitrogens with one attached hydrogen (secondary N) is 1. The molecule has 0 saturated carbocycles. The van der Waals surface area contributed by atoms with Crippen molar-refractivity contribution in [2.24, 2.45) is 5.92 Å². The van der Waals surface area contributed by atoms with Crippen LogP contribution in [0.4, 0.5) is 5.82 Å². The van der Waals surface area contributed by atoms with Gasteiger partial charge in [-0.25, -0.2) is 15.0 Å². The zero-order chi connectivity index (χ0) is 20.0. The maximum atomic E-state index is 5.48. The Kier molecular flexibility index (Phi) is 4.95. The van der Waals surface area contributed by atoms with Crippen molar-refractivity contribution in [2.45, 2.75) is 51.2 Å². The summed E-state index contributed by atoms with van der Waals surface area (Å²) in [6.45, 7) is 5.14. The van der Waals surface area contributed by atoms with Crippen molar-refractivity contribution < 1.29 is 4.42 Å². The third-order valence-electron chi connectivity index (χ3n) is 5.39. The molecule has 0 unspecified atom stereocenters. The molecule has 4 aromatic heterocycles. The lowest BCUT2D eigenvalue weighted by Crippen LogP contribution is -2.03. The zero-order valence-corrected chi connectivity index (χ0v) is 18.5. The van der Waals surface area contributed by atoms with Gasteiger partial charge in [0.1, 0.15) is 16.4 Å². The van der Waals surface area contributed by atoms with Crippen LogP contribution in [-0.2, 0) is 25.8 Å². The average molecular weight is 425 g/mol. The van der Waals surface area contributed by atoms with Crippen LogP contribution in [0.25, 0.3) is 20.4 Å². The van der Waals surface area contributed by atoms with Crippen molar-refractivity contribution in [2.75, 3.05) is 11.6 Å². The van der Waals surface area contributed by atoms with E-state index < -0.39 is 0 Å². The van der Waals surface area contributed by atoms with Gasteiger partial charge in [0.25, 0.3) is 0 Å². The van der Waals surface area contributed by atoms with Gasteiger partial charge in [0.2, 0.25) is 0 Å². The van der Waals surface area contributed by atoms with Gasteiger partial charge in [-0.2, -0.15) is 0 Å². The largest absolute Gasteiger partial charge is 0.467 e. The molecular formula is C22H24N4OS2. The van der Waals surface area contributed by atoms with Crippen LogP contribution in [0.1, 0.15) is 42.8 Å². The highest BCUT2D eigenvalue weighted by Gasteiger charge is 2.25. The first kappa shape index (κ1) is 18.9. The summed E-state index contributed by atoms with van der Waals surface area (Å²) in [7, 11) is 0. The Labute approximate surface area is 178 Å². The zero-order valence-electron chi connectivity index (χ0n) is 16.9. The van der Waals surface area contributed by atoms with E-state index >= 15 is 0 Å². The maximum absolute atomic E-state index is 5.48. The van der Waals surface area contributed by atoms with Gasteiger partial charge < -0.3 is 9.73 Å². The van der Waals surface area contributed by atoms with Crippen molar-refractivity contribution >= 4 is 49.3 Å². The SMILES string of the molecule is CSc1nc(NCc2ccco2)c2sc3nc(CC(C)C)c4c(c3c2n1)CCC4. The van der Waals surface area contributed by atoms with Crippen molar-refractivity contribution in [1.29, 1.82) is 0 Å². The van der Waals surface area contributed by atoms with Gasteiger partial charge in [-0.3, -0.25) is 0 Å². The Morgan fingerprint density at radius 3 is 2.83 bits per heavy atom. The van der Waals surface area contributed by atoms with Gasteiger partial charge in [-0.15, -0.1) is 11.3 Å². The predicted molar refractivity (Wildman–Crippen MR) is 121 cm³/mol. The Balaban J connectivity index is 1.69. The van der Waals surface area contributed by atoms with Crippen molar-refractivity contribution in [3.63, 3.8) is 0 Å². The number of thioether (sulfide) groups is 1. The first-order valence-electron chi connectivity index (χ1n) is 10.1. The van der Waals surface area contributed by atoms with Gasteiger partial charge in [-0.05, 0) is 61.1 Å². The van der Waals surface area contributed by atoms with Crippen molar-refractivity contribution in [3.8, 4) is 0 Å². The maximum Gasteiger partial charge on any atom is 0.189 e. The first-order chi connectivity index (χ1) is 14.1. The van der Waals surface area contributed by atoms with E-state index in [4.69, 9.17) is 19.4 Å². The number of anilines is 1. The summed E-state index contributed by atoms with van der Waals surface area (Å²) in [5.74, 6) is 2.37. The molecule has 0 saturated heterocycles. The van der Waals surface area contributed by atoms with Crippen LogP contribution in [0.2, 0.25) is 0 Å². The number of hydrogen-bond donors (Lipinski definition) is 1. The molecule has 0 amide bonds. The van der Waals surface area contributed by atoms with E-state index in [2.05, 4.69) is 19.2 Å². The summed E-state index contributed by atoms with van der Waals surface area (Å²) in [6, 6.07) is 3.88. The van der Waals surface area contributed by atoms with Gasteiger partial charge in [0.05, 0.1) is 23.0 Å². The molecule has 0 bridgehead atoms. The van der Waals surface area contributed by atoms with Crippen LogP contribution in [0.15, 0.2) is 28.0 Å². The van der Waals surface area contributed by atoms with E-state index in [1.54, 1.807) is 29.4 Å². The highest BCUT2D eigenvalue weighted by molar-refractivity contribution is 7.98. The highest BCUT2D eigenvalue weighted by atomic mass is 32.2. The summed E-state index contributed by atoms with van der Waals surface area (Å²) < 4.78 is 6.57. The average Bonchev–Trinajstić information content (AvgIpc) is 3.44. The minimum atomic E-state index is 0.602. The topological polar surface area (TPSA) is 63.8 Å². The Hall–Kier alpha value is -2.12. The Morgan fingerprint density at radius 2 is 2.07 bits per heavy atom. The van der Waals surface area contributed by atoms with Crippen LogP contribution < -0.4 is 5.32 Å². The van der Waals surface area contributed by atoms with E-state index in [0.29, 0.717) is 12.5 Å². The molecule has 0 radical (unpaired) electrons. The van der Waals surface area contributed by atoms with Crippen LogP contribution in [0.5, 0.6) is 0 Å². The summed E-state index contributed by atoms with van der Waals surface area (Å²) in [6.07, 6.45) is 8.24. The van der Waals surface area contributed by atoms with E-state index in [1.165, 1.54) is 28.6 Å². The van der Waals surface area contributed by atoms with E-state index in [1.807, 2.05) is 18.4 Å². The Morgan fingerprint density at radius 1 is 1.21 bits per heavy atom. The molecular weight excluding hydrogens is 400 g/mol. The number of nitrogens with zero attached hydrogens (tertiary/aromatic N) is 3. The second kappa shape index (κ2) is 7.61. The number of rotatable bonds is 6. The molecule has 4 heterocycles. The van der Waals surface area contributed by atoms with Gasteiger partial charge in [0.15, 0.2) is 5.16 Å². The molecule has 1 N–H and O–H groups in total. The van der Waals surface area contributed by atoms with Gasteiger partial charge in [0, 0.05) is 11.1 Å². The number of pyridine rings is 1. The molecule has 0 spiro atoms. The fourth-order valence-electron chi connectivity index (χ4n) is 4.17. The molecule has 0 aromatic carbocycles. The first-order valence-corrected chi connectivity index (χ1v) is 12.1. The molecule has 0 aliphatic heterocycles. The molecule has 4 aromatic rings. The summed E-state index contributed by atoms with van der Waals surface area (Å²) >= 11 is 3.29. The summed E-state index contributed by atoms with van der Waals surface area (Å²) in [5.41, 5.74) is 5.28. The fraction of sp³-hybridized carbons (Fsp3) is 0.409. The lowest BCUT2D eigenvalue weighted by molar-refractivity contribution is 0.518. The van der Waals surface area contributed by atoms with E-state index in [0.717, 1.165) is 51.0 Å². The smallest absolute Gasteiger partial charge is 0.189 e. The molecule has 29 heavy (non-hydrogen) atoms. The monoisotopic (exact) mass is 424 g/mol. The van der Waals surface area contributed by atoms with Gasteiger partial charge >= 0.3 is 0 Å². The molecule has 1 aliphatic rings. The minimum absolute atomic E-state index is 0.602. The number of hydrogen-bond acceptors (Lipinski definition) is 7. The summed E-state index contributed by atoms with van der Waals surface area (Å²) in [5, 5.41) is 5.51. The number of furan rings is 1. The van der Waals surface area contributed by atoms with E-state index in [-0.39, 0.29) is 0 Å². The third kappa shape index (κ3) is 3.40. The Bertz CT molecular complexity index is 1180. The van der Waals surface area contributed by atoms with Crippen molar-refractivity contribution in [1.82, 2.24) is 15.0 Å². The number of thiophene rings is 1. The lowest BCUT2D eigenvalue weighted by atomic mass is 9.99. The predicted octanol–water partition coefficient (Wildman–Crippen LogP) is 5.85.